The van der Waals surface area contributed by atoms with Crippen LogP contribution in [-0.4, -0.2) is 62.4 Å². The zero-order chi connectivity index (χ0) is 18.0. The molecule has 0 radical (unpaired) electrons. The zero-order valence-corrected chi connectivity index (χ0v) is 14.3. The summed E-state index contributed by atoms with van der Waals surface area (Å²) in [6, 6.07) is 0.157. The van der Waals surface area contributed by atoms with Crippen molar-refractivity contribution in [1.82, 2.24) is 19.9 Å². The highest BCUT2D eigenvalue weighted by Gasteiger charge is 2.38. The zero-order valence-electron chi connectivity index (χ0n) is 14.3. The SMILES string of the molecule is COC(=O)[C@H]1CC[C@H](n2cc(C3(O)CCN(C(=O)O)CC3)nn2)CC1. The molecule has 2 N–H and O–H groups in total. The number of rotatable bonds is 3. The lowest BCUT2D eigenvalue weighted by atomic mass is 9.86. The molecule has 2 heterocycles. The Balaban J connectivity index is 1.61. The summed E-state index contributed by atoms with van der Waals surface area (Å²) >= 11 is 0. The summed E-state index contributed by atoms with van der Waals surface area (Å²) in [5, 5.41) is 28.1. The maximum absolute atomic E-state index is 11.6. The van der Waals surface area contributed by atoms with Crippen molar-refractivity contribution in [1.29, 1.82) is 0 Å². The van der Waals surface area contributed by atoms with Gasteiger partial charge in [0.25, 0.3) is 0 Å². The van der Waals surface area contributed by atoms with Gasteiger partial charge in [0.1, 0.15) is 11.3 Å². The molecule has 0 bridgehead atoms. The Bertz CT molecular complexity index is 630. The molecule has 1 aliphatic heterocycles. The number of piperidine rings is 1. The molecule has 2 aliphatic rings. The maximum Gasteiger partial charge on any atom is 0.407 e. The molecule has 9 heteroatoms. The van der Waals surface area contributed by atoms with Gasteiger partial charge in [0, 0.05) is 13.1 Å². The maximum atomic E-state index is 11.6. The molecule has 1 aliphatic carbocycles. The first kappa shape index (κ1) is 17.7. The molecular formula is C16H24N4O5. The Morgan fingerprint density at radius 2 is 1.88 bits per heavy atom. The molecule has 2 fully saturated rings. The molecule has 1 amide bonds. The Labute approximate surface area is 145 Å². The highest BCUT2D eigenvalue weighted by atomic mass is 16.5. The molecule has 3 rings (SSSR count). The third kappa shape index (κ3) is 3.60. The second-order valence-electron chi connectivity index (χ2n) is 6.91. The minimum Gasteiger partial charge on any atom is -0.469 e. The number of methoxy groups -OCH3 is 1. The average molecular weight is 352 g/mol. The Morgan fingerprint density at radius 1 is 1.24 bits per heavy atom. The van der Waals surface area contributed by atoms with Gasteiger partial charge in [-0.3, -0.25) is 4.79 Å². The van der Waals surface area contributed by atoms with Crippen LogP contribution in [0.1, 0.15) is 50.3 Å². The molecule has 0 spiro atoms. The Hall–Kier alpha value is -2.16. The van der Waals surface area contributed by atoms with Crippen LogP contribution in [-0.2, 0) is 15.1 Å². The van der Waals surface area contributed by atoms with E-state index in [-0.39, 0.29) is 31.0 Å². The number of likely N-dealkylation sites (tertiary alicyclic amines) is 1. The van der Waals surface area contributed by atoms with Crippen molar-refractivity contribution in [3.63, 3.8) is 0 Å². The Morgan fingerprint density at radius 3 is 2.44 bits per heavy atom. The van der Waals surface area contributed by atoms with Crippen LogP contribution in [0.15, 0.2) is 6.20 Å². The van der Waals surface area contributed by atoms with Crippen molar-refractivity contribution in [3.05, 3.63) is 11.9 Å². The lowest BCUT2D eigenvalue weighted by Crippen LogP contribution is -2.44. The normalized spacial score (nSPS) is 26.2. The third-order valence-electron chi connectivity index (χ3n) is 5.45. The van der Waals surface area contributed by atoms with Crippen LogP contribution in [0.4, 0.5) is 4.79 Å². The fourth-order valence-corrected chi connectivity index (χ4v) is 3.74. The van der Waals surface area contributed by atoms with Crippen LogP contribution in [0.25, 0.3) is 0 Å². The van der Waals surface area contributed by atoms with E-state index in [1.165, 1.54) is 12.0 Å². The van der Waals surface area contributed by atoms with E-state index in [0.29, 0.717) is 18.5 Å². The molecule has 0 aromatic carbocycles. The van der Waals surface area contributed by atoms with Gasteiger partial charge < -0.3 is 19.8 Å². The van der Waals surface area contributed by atoms with E-state index < -0.39 is 11.7 Å². The van der Waals surface area contributed by atoms with Crippen molar-refractivity contribution in [3.8, 4) is 0 Å². The topological polar surface area (TPSA) is 118 Å². The number of hydrogen-bond donors (Lipinski definition) is 2. The van der Waals surface area contributed by atoms with Crippen molar-refractivity contribution >= 4 is 12.1 Å². The number of hydrogen-bond acceptors (Lipinski definition) is 6. The Kier molecular flexibility index (Phi) is 4.94. The number of aliphatic hydroxyl groups is 1. The average Bonchev–Trinajstić information content (AvgIpc) is 3.12. The monoisotopic (exact) mass is 352 g/mol. The number of carbonyl (C=O) groups excluding carboxylic acids is 1. The molecular weight excluding hydrogens is 328 g/mol. The number of aromatic nitrogens is 3. The smallest absolute Gasteiger partial charge is 0.407 e. The van der Waals surface area contributed by atoms with Crippen LogP contribution in [0.5, 0.6) is 0 Å². The fourth-order valence-electron chi connectivity index (χ4n) is 3.74. The van der Waals surface area contributed by atoms with E-state index in [1.807, 2.05) is 0 Å². The van der Waals surface area contributed by atoms with Crippen LogP contribution >= 0.6 is 0 Å². The van der Waals surface area contributed by atoms with E-state index in [9.17, 15) is 14.7 Å². The molecule has 25 heavy (non-hydrogen) atoms. The second-order valence-corrected chi connectivity index (χ2v) is 6.91. The quantitative estimate of drug-likeness (QED) is 0.783. The predicted octanol–water partition coefficient (Wildman–Crippen LogP) is 1.14. The van der Waals surface area contributed by atoms with E-state index in [2.05, 4.69) is 10.3 Å². The molecule has 138 valence electrons. The third-order valence-corrected chi connectivity index (χ3v) is 5.45. The first-order chi connectivity index (χ1) is 11.9. The largest absolute Gasteiger partial charge is 0.469 e. The van der Waals surface area contributed by atoms with Crippen LogP contribution < -0.4 is 0 Å². The van der Waals surface area contributed by atoms with Gasteiger partial charge in [0.2, 0.25) is 0 Å². The number of nitrogens with zero attached hydrogens (tertiary/aromatic N) is 4. The summed E-state index contributed by atoms with van der Waals surface area (Å²) in [5.41, 5.74) is -0.638. The van der Waals surface area contributed by atoms with Gasteiger partial charge in [-0.05, 0) is 38.5 Å². The van der Waals surface area contributed by atoms with E-state index in [0.717, 1.165) is 25.7 Å². The van der Waals surface area contributed by atoms with E-state index in [1.54, 1.807) is 10.9 Å². The molecule has 0 unspecified atom stereocenters. The van der Waals surface area contributed by atoms with Gasteiger partial charge in [0.05, 0.1) is 25.3 Å². The van der Waals surface area contributed by atoms with Crippen molar-refractivity contribution in [2.45, 2.75) is 50.2 Å². The minimum atomic E-state index is -1.13. The lowest BCUT2D eigenvalue weighted by Gasteiger charge is -2.35. The summed E-state index contributed by atoms with van der Waals surface area (Å²) in [6.45, 7) is 0.561. The van der Waals surface area contributed by atoms with Crippen LogP contribution in [0.2, 0.25) is 0 Å². The highest BCUT2D eigenvalue weighted by molar-refractivity contribution is 5.72. The van der Waals surface area contributed by atoms with Gasteiger partial charge in [-0.15, -0.1) is 5.10 Å². The van der Waals surface area contributed by atoms with Gasteiger partial charge in [-0.25, -0.2) is 9.48 Å². The number of ether oxygens (including phenoxy) is 1. The molecule has 1 saturated carbocycles. The summed E-state index contributed by atoms with van der Waals surface area (Å²) in [4.78, 5) is 23.9. The molecule has 9 nitrogen and oxygen atoms in total. The fraction of sp³-hybridized carbons (Fsp3) is 0.750. The van der Waals surface area contributed by atoms with Gasteiger partial charge >= 0.3 is 12.1 Å². The van der Waals surface area contributed by atoms with Crippen molar-refractivity contribution < 1.29 is 24.5 Å². The van der Waals surface area contributed by atoms with Gasteiger partial charge in [-0.2, -0.15) is 0 Å². The van der Waals surface area contributed by atoms with E-state index >= 15 is 0 Å². The molecule has 0 atom stereocenters. The highest BCUT2D eigenvalue weighted by Crippen LogP contribution is 2.35. The first-order valence-electron chi connectivity index (χ1n) is 8.63. The van der Waals surface area contributed by atoms with Crippen molar-refractivity contribution in [2.24, 2.45) is 5.92 Å². The van der Waals surface area contributed by atoms with Gasteiger partial charge in [0.15, 0.2) is 0 Å². The number of carbonyl (C=O) groups is 2. The lowest BCUT2D eigenvalue weighted by molar-refractivity contribution is -0.146. The predicted molar refractivity (Wildman–Crippen MR) is 85.8 cm³/mol. The molecule has 1 aromatic rings. The summed E-state index contributed by atoms with van der Waals surface area (Å²) in [5.74, 6) is -0.203. The summed E-state index contributed by atoms with van der Waals surface area (Å²) in [6.07, 6.45) is 4.56. The molecule has 1 aromatic heterocycles. The summed E-state index contributed by atoms with van der Waals surface area (Å²) in [7, 11) is 1.41. The number of carboxylic acid groups (broad SMARTS) is 1. The first-order valence-corrected chi connectivity index (χ1v) is 8.63. The number of esters is 1. The summed E-state index contributed by atoms with van der Waals surface area (Å²) < 4.78 is 6.57. The second kappa shape index (κ2) is 6.99. The van der Waals surface area contributed by atoms with Crippen LogP contribution in [0, 0.1) is 5.92 Å². The standard InChI is InChI=1S/C16H24N4O5/c1-25-14(21)11-2-4-12(5-3-11)20-10-13(17-18-20)16(24)6-8-19(9-7-16)15(22)23/h10-12,24H,2-9H2,1H3,(H,22,23)/t11-,12-. The van der Waals surface area contributed by atoms with Crippen molar-refractivity contribution in [2.75, 3.05) is 20.2 Å². The van der Waals surface area contributed by atoms with Crippen LogP contribution in [0.3, 0.4) is 0 Å². The number of amides is 1. The van der Waals surface area contributed by atoms with E-state index in [4.69, 9.17) is 9.84 Å². The minimum absolute atomic E-state index is 0.0474. The molecule has 1 saturated heterocycles. The van der Waals surface area contributed by atoms with Gasteiger partial charge in [-0.1, -0.05) is 5.21 Å².